The van der Waals surface area contributed by atoms with Crippen LogP contribution in [0.25, 0.3) is 11.4 Å². The molecule has 4 rings (SSSR count). The first-order valence-electron chi connectivity index (χ1n) is 9.60. The molecule has 164 valence electrons. The topological polar surface area (TPSA) is 77.0 Å². The maximum Gasteiger partial charge on any atom is 0.214 e. The van der Waals surface area contributed by atoms with Crippen molar-refractivity contribution in [2.75, 3.05) is 12.5 Å². The molecule has 7 nitrogen and oxygen atoms in total. The summed E-state index contributed by atoms with van der Waals surface area (Å²) in [5, 5.41) is 8.12. The van der Waals surface area contributed by atoms with E-state index in [-0.39, 0.29) is 0 Å². The van der Waals surface area contributed by atoms with Gasteiger partial charge in [0.1, 0.15) is 6.61 Å². The minimum Gasteiger partial charge on any atom is -0.493 e. The molecule has 10 heteroatoms. The van der Waals surface area contributed by atoms with E-state index in [9.17, 15) is 0 Å². The summed E-state index contributed by atoms with van der Waals surface area (Å²) in [4.78, 5) is 4.04. The molecule has 0 saturated heterocycles. The second kappa shape index (κ2) is 10.0. The van der Waals surface area contributed by atoms with Gasteiger partial charge < -0.3 is 14.9 Å². The van der Waals surface area contributed by atoms with Crippen LogP contribution in [-0.2, 0) is 13.2 Å². The van der Waals surface area contributed by atoms with Gasteiger partial charge in [0.05, 0.1) is 23.7 Å². The van der Waals surface area contributed by atoms with E-state index in [2.05, 4.69) is 20.6 Å². The van der Waals surface area contributed by atoms with Crippen molar-refractivity contribution in [1.82, 2.24) is 19.9 Å². The Morgan fingerprint density at radius 2 is 1.78 bits per heavy atom. The Kier molecular flexibility index (Phi) is 6.94. The van der Waals surface area contributed by atoms with Crippen LogP contribution in [0.5, 0.6) is 11.5 Å². The Balaban J connectivity index is 1.46. The van der Waals surface area contributed by atoms with Gasteiger partial charge in [-0.1, -0.05) is 35.3 Å². The third-order valence-corrected chi connectivity index (χ3v) is 5.67. The highest BCUT2D eigenvalue weighted by Gasteiger charge is 2.11. The summed E-state index contributed by atoms with van der Waals surface area (Å²) in [5.74, 6) is 1.92. The van der Waals surface area contributed by atoms with E-state index in [1.165, 1.54) is 0 Å². The average Bonchev–Trinajstić information content (AvgIpc) is 3.19. The quantitative estimate of drug-likeness (QED) is 0.313. The maximum atomic E-state index is 6.07. The first-order valence-corrected chi connectivity index (χ1v) is 10.8. The lowest BCUT2D eigenvalue weighted by Crippen LogP contribution is -2.16. The summed E-state index contributed by atoms with van der Waals surface area (Å²) in [5.41, 5.74) is 6.07. The van der Waals surface area contributed by atoms with Crippen LogP contribution in [0.3, 0.4) is 0 Å². The number of rotatable bonds is 8. The zero-order chi connectivity index (χ0) is 22.5. The van der Waals surface area contributed by atoms with Crippen molar-refractivity contribution in [2.24, 2.45) is 0 Å². The fourth-order valence-corrected chi connectivity index (χ4v) is 3.56. The van der Waals surface area contributed by atoms with Crippen LogP contribution < -0.4 is 14.9 Å². The van der Waals surface area contributed by atoms with E-state index in [4.69, 9.17) is 44.9 Å². The van der Waals surface area contributed by atoms with Crippen LogP contribution in [-0.4, -0.2) is 27.0 Å². The van der Waals surface area contributed by atoms with Crippen molar-refractivity contribution in [3.05, 3.63) is 86.9 Å². The first kappa shape index (κ1) is 22.1. The predicted octanol–water partition coefficient (Wildman–Crippen LogP) is 5.64. The Labute approximate surface area is 199 Å². The Morgan fingerprint density at radius 3 is 2.53 bits per heavy atom. The highest BCUT2D eigenvalue weighted by Crippen LogP contribution is 2.30. The van der Waals surface area contributed by atoms with Gasteiger partial charge in [0, 0.05) is 18.0 Å². The van der Waals surface area contributed by atoms with Gasteiger partial charge in [-0.05, 0) is 59.7 Å². The summed E-state index contributed by atoms with van der Waals surface area (Å²) >= 11 is 17.4. The number of nitrogens with one attached hydrogen (secondary N) is 2. The molecule has 32 heavy (non-hydrogen) atoms. The number of aromatic nitrogens is 4. The molecule has 0 unspecified atom stereocenters. The van der Waals surface area contributed by atoms with Gasteiger partial charge in [-0.15, -0.1) is 0 Å². The van der Waals surface area contributed by atoms with Crippen molar-refractivity contribution >= 4 is 35.4 Å². The average molecular weight is 488 g/mol. The standard InChI is InChI=1S/C22H19Cl2N5O2S/c1-30-20-11-14(3-5-19(20)31-13-15-2-4-17(23)18(24)10-15)12-26-29-21(27-28-22(29)32)16-6-8-25-9-7-16/h2-11,26H,12-13H2,1H3,(H,28,32). The van der Waals surface area contributed by atoms with Crippen molar-refractivity contribution in [2.45, 2.75) is 13.2 Å². The highest BCUT2D eigenvalue weighted by molar-refractivity contribution is 7.71. The van der Waals surface area contributed by atoms with E-state index in [0.29, 0.717) is 45.3 Å². The van der Waals surface area contributed by atoms with Crippen LogP contribution in [0.15, 0.2) is 60.9 Å². The molecule has 0 atom stereocenters. The van der Waals surface area contributed by atoms with Crippen LogP contribution >= 0.6 is 35.4 Å². The number of pyridine rings is 1. The molecule has 0 spiro atoms. The van der Waals surface area contributed by atoms with E-state index >= 15 is 0 Å². The second-order valence-corrected chi connectivity index (χ2v) is 7.98. The number of benzene rings is 2. The molecule has 0 aliphatic heterocycles. The molecule has 0 fully saturated rings. The minimum absolute atomic E-state index is 0.338. The molecule has 0 amide bonds. The highest BCUT2D eigenvalue weighted by atomic mass is 35.5. The molecule has 0 saturated carbocycles. The SMILES string of the molecule is COc1cc(CNn2c(-c3ccncc3)n[nH]c2=S)ccc1OCc1ccc(Cl)c(Cl)c1. The third-order valence-electron chi connectivity index (χ3n) is 4.66. The molecular weight excluding hydrogens is 469 g/mol. The van der Waals surface area contributed by atoms with Crippen LogP contribution in [0, 0.1) is 4.77 Å². The molecule has 0 bridgehead atoms. The van der Waals surface area contributed by atoms with E-state index in [0.717, 1.165) is 16.7 Å². The summed E-state index contributed by atoms with van der Waals surface area (Å²) in [6, 6.07) is 14.9. The lowest BCUT2D eigenvalue weighted by molar-refractivity contribution is 0.284. The van der Waals surface area contributed by atoms with Crippen molar-refractivity contribution in [1.29, 1.82) is 0 Å². The number of hydrogen-bond acceptors (Lipinski definition) is 6. The van der Waals surface area contributed by atoms with Crippen LogP contribution in [0.2, 0.25) is 10.0 Å². The van der Waals surface area contributed by atoms with Crippen LogP contribution in [0.1, 0.15) is 11.1 Å². The molecular formula is C22H19Cl2N5O2S. The molecule has 0 aliphatic carbocycles. The largest absolute Gasteiger partial charge is 0.493 e. The third kappa shape index (κ3) is 5.04. The minimum atomic E-state index is 0.338. The fourth-order valence-electron chi connectivity index (χ4n) is 3.04. The molecule has 2 aromatic carbocycles. The maximum absolute atomic E-state index is 6.07. The number of halogens is 2. The van der Waals surface area contributed by atoms with E-state index < -0.39 is 0 Å². The Morgan fingerprint density at radius 1 is 1.00 bits per heavy atom. The monoisotopic (exact) mass is 487 g/mol. The zero-order valence-corrected chi connectivity index (χ0v) is 19.3. The molecule has 2 heterocycles. The summed E-state index contributed by atoms with van der Waals surface area (Å²) in [6.45, 7) is 0.833. The van der Waals surface area contributed by atoms with Gasteiger partial charge in [-0.3, -0.25) is 4.98 Å². The Hall–Kier alpha value is -3.07. The smallest absolute Gasteiger partial charge is 0.214 e. The number of ether oxygens (including phenoxy) is 2. The zero-order valence-electron chi connectivity index (χ0n) is 17.0. The molecule has 2 aromatic heterocycles. The van der Waals surface area contributed by atoms with Crippen molar-refractivity contribution < 1.29 is 9.47 Å². The van der Waals surface area contributed by atoms with Gasteiger partial charge in [-0.25, -0.2) is 9.77 Å². The summed E-state index contributed by atoms with van der Waals surface area (Å²) in [6.07, 6.45) is 3.41. The number of methoxy groups -OCH3 is 1. The van der Waals surface area contributed by atoms with Gasteiger partial charge >= 0.3 is 0 Å². The molecule has 4 aromatic rings. The van der Waals surface area contributed by atoms with Gasteiger partial charge in [-0.2, -0.15) is 5.10 Å². The van der Waals surface area contributed by atoms with Gasteiger partial charge in [0.25, 0.3) is 0 Å². The van der Waals surface area contributed by atoms with Crippen LogP contribution in [0.4, 0.5) is 0 Å². The van der Waals surface area contributed by atoms with Crippen molar-refractivity contribution in [3.63, 3.8) is 0 Å². The van der Waals surface area contributed by atoms with E-state index in [1.807, 2.05) is 36.4 Å². The predicted molar refractivity (Wildman–Crippen MR) is 127 cm³/mol. The molecule has 0 aliphatic rings. The summed E-state index contributed by atoms with van der Waals surface area (Å²) in [7, 11) is 1.60. The lowest BCUT2D eigenvalue weighted by Gasteiger charge is -2.14. The van der Waals surface area contributed by atoms with Gasteiger partial charge in [0.15, 0.2) is 17.3 Å². The van der Waals surface area contributed by atoms with E-state index in [1.54, 1.807) is 36.3 Å². The first-order chi connectivity index (χ1) is 15.5. The normalized spacial score (nSPS) is 10.7. The Bertz CT molecular complexity index is 1280. The van der Waals surface area contributed by atoms with Crippen molar-refractivity contribution in [3.8, 4) is 22.9 Å². The van der Waals surface area contributed by atoms with Gasteiger partial charge in [0.2, 0.25) is 4.77 Å². The lowest BCUT2D eigenvalue weighted by atomic mass is 10.2. The number of H-pyrrole nitrogens is 1. The molecule has 2 N–H and O–H groups in total. The number of nitrogens with zero attached hydrogens (tertiary/aromatic N) is 3. The number of aromatic amines is 1. The number of hydrogen-bond donors (Lipinski definition) is 2. The second-order valence-electron chi connectivity index (χ2n) is 6.78. The molecule has 0 radical (unpaired) electrons. The fraction of sp³-hybridized carbons (Fsp3) is 0.136. The summed E-state index contributed by atoms with van der Waals surface area (Å²) < 4.78 is 13.6.